The molecule has 0 N–H and O–H groups in total. The van der Waals surface area contributed by atoms with Gasteiger partial charge in [-0.05, 0) is 34.8 Å². The number of nitrogens with zero attached hydrogens (tertiary/aromatic N) is 2. The molecule has 0 bridgehead atoms. The van der Waals surface area contributed by atoms with Gasteiger partial charge in [-0.3, -0.25) is 0 Å². The first kappa shape index (κ1) is 17.1. The number of methoxy groups -OCH3 is 2. The molecule has 6 nitrogen and oxygen atoms in total. The Hall–Kier alpha value is -1.30. The van der Waals surface area contributed by atoms with Crippen molar-refractivity contribution in [2.24, 2.45) is 0 Å². The minimum Gasteiger partial charge on any atom is -0.493 e. The molecular formula is C14H17BrN2O4S. The molecule has 1 aliphatic carbocycles. The summed E-state index contributed by atoms with van der Waals surface area (Å²) in [6.45, 7) is 0.199. The molecule has 1 aromatic rings. The minimum absolute atomic E-state index is 0.0154. The second-order valence-corrected chi connectivity index (χ2v) is 7.61. The highest BCUT2D eigenvalue weighted by atomic mass is 79.9. The SMILES string of the molecule is COc1cc(Br)c(S(=O)(=O)N(CCC#N)C2CC2)cc1OC. The number of sulfonamides is 1. The zero-order chi connectivity index (χ0) is 16.3. The van der Waals surface area contributed by atoms with E-state index in [0.29, 0.717) is 16.0 Å². The van der Waals surface area contributed by atoms with Crippen LogP contribution in [0.5, 0.6) is 11.5 Å². The number of nitriles is 1. The van der Waals surface area contributed by atoms with Crippen molar-refractivity contribution in [3.05, 3.63) is 16.6 Å². The zero-order valence-electron chi connectivity index (χ0n) is 12.4. The van der Waals surface area contributed by atoms with Crippen LogP contribution < -0.4 is 9.47 Å². The Morgan fingerprint density at radius 2 is 1.91 bits per heavy atom. The van der Waals surface area contributed by atoms with Crippen LogP contribution in [0.3, 0.4) is 0 Å². The molecule has 1 saturated carbocycles. The normalized spacial score (nSPS) is 14.7. The van der Waals surface area contributed by atoms with Crippen LogP contribution in [0.4, 0.5) is 0 Å². The fourth-order valence-electron chi connectivity index (χ4n) is 2.18. The highest BCUT2D eigenvalue weighted by Crippen LogP contribution is 2.39. The van der Waals surface area contributed by atoms with Gasteiger partial charge in [0.15, 0.2) is 11.5 Å². The number of ether oxygens (including phenoxy) is 2. The van der Waals surface area contributed by atoms with Crippen LogP contribution in [0, 0.1) is 11.3 Å². The molecule has 0 aromatic heterocycles. The van der Waals surface area contributed by atoms with Crippen LogP contribution in [0.15, 0.2) is 21.5 Å². The van der Waals surface area contributed by atoms with Crippen LogP contribution >= 0.6 is 15.9 Å². The maximum absolute atomic E-state index is 12.9. The predicted octanol–water partition coefficient (Wildman–Crippen LogP) is 2.53. The lowest BCUT2D eigenvalue weighted by Gasteiger charge is -2.22. The van der Waals surface area contributed by atoms with Gasteiger partial charge in [0.1, 0.15) is 4.90 Å². The lowest BCUT2D eigenvalue weighted by Crippen LogP contribution is -2.34. The van der Waals surface area contributed by atoms with E-state index in [-0.39, 0.29) is 23.9 Å². The van der Waals surface area contributed by atoms with Crippen LogP contribution in [0.2, 0.25) is 0 Å². The molecule has 1 fully saturated rings. The van der Waals surface area contributed by atoms with E-state index in [0.717, 1.165) is 12.8 Å². The second kappa shape index (κ2) is 6.86. The van der Waals surface area contributed by atoms with Gasteiger partial charge in [-0.25, -0.2) is 8.42 Å². The maximum Gasteiger partial charge on any atom is 0.244 e. The molecular weight excluding hydrogens is 372 g/mol. The van der Waals surface area contributed by atoms with Gasteiger partial charge in [0, 0.05) is 29.5 Å². The monoisotopic (exact) mass is 388 g/mol. The first-order chi connectivity index (χ1) is 10.5. The van der Waals surface area contributed by atoms with E-state index in [1.165, 1.54) is 24.6 Å². The van der Waals surface area contributed by atoms with Gasteiger partial charge >= 0.3 is 0 Å². The summed E-state index contributed by atoms with van der Waals surface area (Å²) < 4.78 is 38.0. The number of halogens is 1. The summed E-state index contributed by atoms with van der Waals surface area (Å²) in [4.78, 5) is 0.120. The standard InChI is InChI=1S/C14H17BrN2O4S/c1-20-12-8-11(15)14(9-13(12)21-2)22(18,19)17(7-3-6-16)10-4-5-10/h8-10H,3-5,7H2,1-2H3. The Morgan fingerprint density at radius 1 is 1.32 bits per heavy atom. The van der Waals surface area contributed by atoms with Crippen molar-refractivity contribution in [1.82, 2.24) is 4.31 Å². The van der Waals surface area contributed by atoms with Crippen molar-refractivity contribution in [1.29, 1.82) is 5.26 Å². The first-order valence-electron chi connectivity index (χ1n) is 6.76. The van der Waals surface area contributed by atoms with Crippen LogP contribution in [-0.4, -0.2) is 39.5 Å². The summed E-state index contributed by atoms with van der Waals surface area (Å²) >= 11 is 3.29. The van der Waals surface area contributed by atoms with Gasteiger partial charge in [0.25, 0.3) is 0 Å². The summed E-state index contributed by atoms with van der Waals surface area (Å²) in [5.41, 5.74) is 0. The lowest BCUT2D eigenvalue weighted by molar-refractivity contribution is 0.353. The molecule has 0 atom stereocenters. The van der Waals surface area contributed by atoms with E-state index in [4.69, 9.17) is 14.7 Å². The summed E-state index contributed by atoms with van der Waals surface area (Å²) in [5, 5.41) is 8.74. The van der Waals surface area contributed by atoms with Gasteiger partial charge in [0.2, 0.25) is 10.0 Å². The summed E-state index contributed by atoms with van der Waals surface area (Å²) in [6, 6.07) is 5.00. The first-order valence-corrected chi connectivity index (χ1v) is 8.99. The second-order valence-electron chi connectivity index (χ2n) is 4.89. The molecule has 0 aliphatic heterocycles. The maximum atomic E-state index is 12.9. The van der Waals surface area contributed by atoms with Crippen molar-refractivity contribution >= 4 is 26.0 Å². The molecule has 2 rings (SSSR count). The quantitative estimate of drug-likeness (QED) is 0.716. The van der Waals surface area contributed by atoms with Crippen molar-refractivity contribution in [3.8, 4) is 17.6 Å². The molecule has 0 radical (unpaired) electrons. The Kier molecular flexibility index (Phi) is 5.32. The van der Waals surface area contributed by atoms with Crippen LogP contribution in [0.25, 0.3) is 0 Å². The van der Waals surface area contributed by atoms with Gasteiger partial charge in [-0.1, -0.05) is 0 Å². The van der Waals surface area contributed by atoms with Gasteiger partial charge < -0.3 is 9.47 Å². The lowest BCUT2D eigenvalue weighted by atomic mass is 10.3. The summed E-state index contributed by atoms with van der Waals surface area (Å²) in [7, 11) is -0.756. The van der Waals surface area contributed by atoms with Crippen LogP contribution in [-0.2, 0) is 10.0 Å². The highest BCUT2D eigenvalue weighted by molar-refractivity contribution is 9.10. The number of hydrogen-bond acceptors (Lipinski definition) is 5. The molecule has 1 aromatic carbocycles. The molecule has 0 heterocycles. The minimum atomic E-state index is -3.70. The fourth-order valence-corrected chi connectivity index (χ4v) is 4.87. The summed E-state index contributed by atoms with van der Waals surface area (Å²) in [5.74, 6) is 0.795. The van der Waals surface area contributed by atoms with Gasteiger partial charge in [-0.2, -0.15) is 9.57 Å². The average Bonchev–Trinajstić information content (AvgIpc) is 3.31. The van der Waals surface area contributed by atoms with Crippen LogP contribution in [0.1, 0.15) is 19.3 Å². The van der Waals surface area contributed by atoms with E-state index in [2.05, 4.69) is 15.9 Å². The van der Waals surface area contributed by atoms with Crippen molar-refractivity contribution in [2.75, 3.05) is 20.8 Å². The number of benzene rings is 1. The fraction of sp³-hybridized carbons (Fsp3) is 0.500. The third-order valence-corrected chi connectivity index (χ3v) is 6.33. The highest BCUT2D eigenvalue weighted by Gasteiger charge is 2.39. The molecule has 8 heteroatoms. The molecule has 22 heavy (non-hydrogen) atoms. The summed E-state index contributed by atoms with van der Waals surface area (Å²) in [6.07, 6.45) is 1.83. The van der Waals surface area contributed by atoms with E-state index in [1.54, 1.807) is 6.07 Å². The molecule has 0 spiro atoms. The molecule has 1 aliphatic rings. The van der Waals surface area contributed by atoms with E-state index in [9.17, 15) is 8.42 Å². The molecule has 0 unspecified atom stereocenters. The Morgan fingerprint density at radius 3 is 2.41 bits per heavy atom. The Balaban J connectivity index is 2.45. The average molecular weight is 389 g/mol. The Labute approximate surface area is 138 Å². The van der Waals surface area contributed by atoms with Crippen molar-refractivity contribution in [2.45, 2.75) is 30.2 Å². The third kappa shape index (κ3) is 3.37. The largest absolute Gasteiger partial charge is 0.493 e. The van der Waals surface area contributed by atoms with E-state index >= 15 is 0 Å². The van der Waals surface area contributed by atoms with Crippen molar-refractivity contribution in [3.63, 3.8) is 0 Å². The van der Waals surface area contributed by atoms with E-state index in [1.807, 2.05) is 6.07 Å². The van der Waals surface area contributed by atoms with Gasteiger partial charge in [-0.15, -0.1) is 0 Å². The number of rotatable bonds is 7. The topological polar surface area (TPSA) is 79.6 Å². The van der Waals surface area contributed by atoms with Gasteiger partial charge in [0.05, 0.1) is 20.3 Å². The molecule has 120 valence electrons. The third-order valence-electron chi connectivity index (χ3n) is 3.42. The van der Waals surface area contributed by atoms with E-state index < -0.39 is 10.0 Å². The smallest absolute Gasteiger partial charge is 0.244 e. The molecule has 0 saturated heterocycles. The van der Waals surface area contributed by atoms with Crippen molar-refractivity contribution < 1.29 is 17.9 Å². The predicted molar refractivity (Wildman–Crippen MR) is 84.4 cm³/mol. The zero-order valence-corrected chi connectivity index (χ0v) is 14.8. The Bertz CT molecular complexity index is 696. The molecule has 0 amide bonds. The number of hydrogen-bond donors (Lipinski definition) is 0.